The number of thiocarbonyl (C=S) groups is 1. The van der Waals surface area contributed by atoms with Gasteiger partial charge in [-0.05, 0) is 97.5 Å². The Morgan fingerprint density at radius 2 is 1.73 bits per heavy atom. The van der Waals surface area contributed by atoms with Gasteiger partial charge in [0.2, 0.25) is 0 Å². The van der Waals surface area contributed by atoms with Crippen LogP contribution >= 0.6 is 12.2 Å². The molecule has 1 amide bonds. The Bertz CT molecular complexity index is 1650. The number of amides is 1. The highest BCUT2D eigenvalue weighted by Gasteiger charge is 2.42. The largest absolute Gasteiger partial charge is 0.484 e. The van der Waals surface area contributed by atoms with Crippen molar-refractivity contribution in [3.63, 3.8) is 0 Å². The number of aromatic nitrogens is 2. The van der Waals surface area contributed by atoms with Crippen molar-refractivity contribution < 1.29 is 9.53 Å². The summed E-state index contributed by atoms with van der Waals surface area (Å²) >= 11 is 5.91. The number of nitrogens with zero attached hydrogens (tertiary/aromatic N) is 3. The minimum Gasteiger partial charge on any atom is -0.484 e. The predicted octanol–water partition coefficient (Wildman–Crippen LogP) is 6.38. The molecule has 3 heterocycles. The summed E-state index contributed by atoms with van der Waals surface area (Å²) in [5.41, 5.74) is 5.83. The topological polar surface area (TPSA) is 71.4 Å². The van der Waals surface area contributed by atoms with E-state index >= 15 is 0 Å². The van der Waals surface area contributed by atoms with Crippen LogP contribution in [0.3, 0.4) is 0 Å². The number of rotatable bonds is 8. The summed E-state index contributed by atoms with van der Waals surface area (Å²) in [6.07, 6.45) is 3.88. The van der Waals surface area contributed by atoms with Crippen molar-refractivity contribution in [1.82, 2.24) is 14.9 Å². The van der Waals surface area contributed by atoms with E-state index in [2.05, 4.69) is 74.6 Å². The maximum Gasteiger partial charge on any atom is 0.262 e. The highest BCUT2D eigenvalue weighted by Crippen LogP contribution is 2.42. The van der Waals surface area contributed by atoms with E-state index < -0.39 is 0 Å². The van der Waals surface area contributed by atoms with Crippen LogP contribution in [-0.2, 0) is 4.79 Å². The van der Waals surface area contributed by atoms with Crippen molar-refractivity contribution in [1.29, 1.82) is 0 Å². The van der Waals surface area contributed by atoms with Crippen LogP contribution in [0, 0.1) is 6.92 Å². The first-order valence-electron chi connectivity index (χ1n) is 13.4. The number of carbonyl (C=O) groups is 1. The van der Waals surface area contributed by atoms with Gasteiger partial charge in [-0.15, -0.1) is 0 Å². The second-order valence-electron chi connectivity index (χ2n) is 9.84. The lowest BCUT2D eigenvalue weighted by Crippen LogP contribution is -2.30. The summed E-state index contributed by atoms with van der Waals surface area (Å²) in [6.45, 7) is 2.02. The van der Waals surface area contributed by atoms with Crippen molar-refractivity contribution in [3.05, 3.63) is 139 Å². The smallest absolute Gasteiger partial charge is 0.262 e. The van der Waals surface area contributed by atoms with E-state index in [0.717, 1.165) is 22.8 Å². The third kappa shape index (κ3) is 5.69. The van der Waals surface area contributed by atoms with Crippen molar-refractivity contribution >= 4 is 34.6 Å². The Morgan fingerprint density at radius 1 is 0.927 bits per heavy atom. The number of benzene rings is 3. The van der Waals surface area contributed by atoms with E-state index in [1.54, 1.807) is 6.20 Å². The Balaban J connectivity index is 1.29. The standard InChI is InChI=1S/C33H29N5O2S/c1-23-9-7-10-26(21-23)37-20-8-14-29(37)32-31(28-13-5-6-19-34-28)36-33(41)38(32)25-17-15-24(16-18-25)35-30(39)22-40-27-11-3-2-4-12-27/h2-21,31-32H,22H2,1H3,(H,35,39)(H,36,41)/t31-,32-/m0/s1. The summed E-state index contributed by atoms with van der Waals surface area (Å²) in [4.78, 5) is 19.3. The maximum absolute atomic E-state index is 12.5. The van der Waals surface area contributed by atoms with Gasteiger partial charge in [0, 0.05) is 35.1 Å². The van der Waals surface area contributed by atoms with Crippen LogP contribution in [0.2, 0.25) is 0 Å². The minimum absolute atomic E-state index is 0.0737. The van der Waals surface area contributed by atoms with Gasteiger partial charge >= 0.3 is 0 Å². The lowest BCUT2D eigenvalue weighted by atomic mass is 10.0. The van der Waals surface area contributed by atoms with E-state index in [0.29, 0.717) is 16.5 Å². The molecular weight excluding hydrogens is 530 g/mol. The van der Waals surface area contributed by atoms with Gasteiger partial charge in [-0.3, -0.25) is 9.78 Å². The number of hydrogen-bond donors (Lipinski definition) is 2. The molecule has 1 aliphatic rings. The molecule has 7 nitrogen and oxygen atoms in total. The molecule has 41 heavy (non-hydrogen) atoms. The molecule has 0 aliphatic carbocycles. The van der Waals surface area contributed by atoms with Crippen LogP contribution in [-0.4, -0.2) is 27.2 Å². The first-order valence-corrected chi connectivity index (χ1v) is 13.8. The van der Waals surface area contributed by atoms with E-state index in [9.17, 15) is 4.79 Å². The van der Waals surface area contributed by atoms with Crippen LogP contribution in [0.25, 0.3) is 5.69 Å². The number of aryl methyl sites for hydroxylation is 1. The SMILES string of the molecule is Cc1cccc(-n2cccc2[C@H]2[C@H](c3ccccn3)NC(=S)N2c2ccc(NC(=O)COc3ccccc3)cc2)c1. The molecule has 0 unspecified atom stereocenters. The van der Waals surface area contributed by atoms with E-state index in [1.807, 2.05) is 72.8 Å². The Morgan fingerprint density at radius 3 is 2.49 bits per heavy atom. The molecule has 2 atom stereocenters. The number of pyridine rings is 1. The first-order chi connectivity index (χ1) is 20.1. The number of hydrogen-bond acceptors (Lipinski definition) is 4. The van der Waals surface area contributed by atoms with Crippen LogP contribution in [0.5, 0.6) is 5.75 Å². The van der Waals surface area contributed by atoms with Crippen molar-refractivity contribution in [2.75, 3.05) is 16.8 Å². The highest BCUT2D eigenvalue weighted by molar-refractivity contribution is 7.80. The fourth-order valence-corrected chi connectivity index (χ4v) is 5.50. The van der Waals surface area contributed by atoms with E-state index in [-0.39, 0.29) is 24.6 Å². The van der Waals surface area contributed by atoms with Crippen molar-refractivity contribution in [2.45, 2.75) is 19.0 Å². The summed E-state index contributed by atoms with van der Waals surface area (Å²) in [5, 5.41) is 7.03. The van der Waals surface area contributed by atoms with E-state index in [1.165, 1.54) is 5.56 Å². The van der Waals surface area contributed by atoms with Crippen molar-refractivity contribution in [2.24, 2.45) is 0 Å². The van der Waals surface area contributed by atoms with Gasteiger partial charge in [0.25, 0.3) is 5.91 Å². The minimum atomic E-state index is -0.232. The normalized spacial score (nSPS) is 16.3. The second kappa shape index (κ2) is 11.7. The molecule has 0 radical (unpaired) electrons. The molecular formula is C33H29N5O2S. The molecule has 204 valence electrons. The molecule has 0 spiro atoms. The molecule has 2 N–H and O–H groups in total. The van der Waals surface area contributed by atoms with Gasteiger partial charge in [0.15, 0.2) is 11.7 Å². The molecule has 6 rings (SSSR count). The quantitative estimate of drug-likeness (QED) is 0.215. The van der Waals surface area contributed by atoms with E-state index in [4.69, 9.17) is 17.0 Å². The summed E-state index contributed by atoms with van der Waals surface area (Å²) in [5.74, 6) is 0.418. The Kier molecular flexibility index (Phi) is 7.47. The number of para-hydroxylation sites is 1. The third-order valence-corrected chi connectivity index (χ3v) is 7.32. The van der Waals surface area contributed by atoms with Crippen molar-refractivity contribution in [3.8, 4) is 11.4 Å². The molecule has 8 heteroatoms. The molecule has 1 saturated heterocycles. The van der Waals surface area contributed by atoms with Gasteiger partial charge in [0.1, 0.15) is 11.8 Å². The predicted molar refractivity (Wildman–Crippen MR) is 165 cm³/mol. The lowest BCUT2D eigenvalue weighted by Gasteiger charge is -2.29. The van der Waals surface area contributed by atoms with Gasteiger partial charge in [0.05, 0.1) is 11.7 Å². The summed E-state index contributed by atoms with van der Waals surface area (Å²) in [7, 11) is 0. The Labute approximate surface area is 244 Å². The lowest BCUT2D eigenvalue weighted by molar-refractivity contribution is -0.118. The summed E-state index contributed by atoms with van der Waals surface area (Å²) < 4.78 is 7.78. The van der Waals surface area contributed by atoms with Gasteiger partial charge in [-0.25, -0.2) is 0 Å². The zero-order valence-corrected chi connectivity index (χ0v) is 23.3. The van der Waals surface area contributed by atoms with Crippen LogP contribution < -0.4 is 20.3 Å². The number of ether oxygens (including phenoxy) is 1. The molecule has 0 bridgehead atoms. The Hall–Kier alpha value is -4.95. The fraction of sp³-hybridized carbons (Fsp3) is 0.121. The molecule has 1 fully saturated rings. The van der Waals surface area contributed by atoms with Gasteiger partial charge in [-0.2, -0.15) is 0 Å². The zero-order chi connectivity index (χ0) is 28.2. The van der Waals surface area contributed by atoms with Gasteiger partial charge in [-0.1, -0.05) is 36.4 Å². The average molecular weight is 560 g/mol. The maximum atomic E-state index is 12.5. The highest BCUT2D eigenvalue weighted by atomic mass is 32.1. The monoisotopic (exact) mass is 559 g/mol. The molecule has 1 aliphatic heterocycles. The van der Waals surface area contributed by atoms with Gasteiger partial charge < -0.3 is 24.8 Å². The number of nitrogens with one attached hydrogen (secondary N) is 2. The first kappa shape index (κ1) is 26.3. The third-order valence-electron chi connectivity index (χ3n) is 7.00. The average Bonchev–Trinajstić information content (AvgIpc) is 3.62. The fourth-order valence-electron chi connectivity index (χ4n) is 5.15. The van der Waals surface area contributed by atoms with Crippen LogP contribution in [0.4, 0.5) is 11.4 Å². The second-order valence-corrected chi connectivity index (χ2v) is 10.2. The van der Waals surface area contributed by atoms with Crippen LogP contribution in [0.15, 0.2) is 122 Å². The zero-order valence-electron chi connectivity index (χ0n) is 22.5. The van der Waals surface area contributed by atoms with Crippen LogP contribution in [0.1, 0.15) is 29.0 Å². The number of carbonyl (C=O) groups excluding carboxylic acids is 1. The molecule has 3 aromatic carbocycles. The summed E-state index contributed by atoms with van der Waals surface area (Å²) in [6, 6.07) is 35.2. The molecule has 0 saturated carbocycles. The molecule has 2 aromatic heterocycles. The molecule has 5 aromatic rings. The number of anilines is 2.